The minimum absolute atomic E-state index is 0.0168. The third kappa shape index (κ3) is 1.79. The van der Waals surface area contributed by atoms with Crippen LogP contribution in [-0.4, -0.2) is 21.6 Å². The van der Waals surface area contributed by atoms with Crippen molar-refractivity contribution in [2.75, 3.05) is 11.5 Å². The molecule has 0 amide bonds. The van der Waals surface area contributed by atoms with E-state index in [1.807, 2.05) is 23.5 Å². The fraction of sp³-hybridized carbons (Fsp3) is 1.00. The van der Waals surface area contributed by atoms with Crippen molar-refractivity contribution in [3.63, 3.8) is 0 Å². The standard InChI is InChI=1S/C6H13NS2/c1-5-6(2,7)9-4-3-8-5/h5H,3-4,7H2,1-2H3/t5-,6+/m0/s1. The predicted molar refractivity (Wildman–Crippen MR) is 47.0 cm³/mol. The molecule has 1 nitrogen and oxygen atoms in total. The van der Waals surface area contributed by atoms with Crippen molar-refractivity contribution in [2.24, 2.45) is 5.73 Å². The minimum atomic E-state index is 0.0168. The van der Waals surface area contributed by atoms with Crippen LogP contribution in [0, 0.1) is 0 Å². The maximum atomic E-state index is 5.96. The van der Waals surface area contributed by atoms with Gasteiger partial charge in [0.2, 0.25) is 0 Å². The van der Waals surface area contributed by atoms with Gasteiger partial charge in [-0.25, -0.2) is 0 Å². The Labute approximate surface area is 65.1 Å². The second-order valence-electron chi connectivity index (χ2n) is 2.55. The summed E-state index contributed by atoms with van der Waals surface area (Å²) >= 11 is 3.86. The molecule has 0 aliphatic carbocycles. The summed E-state index contributed by atoms with van der Waals surface area (Å²) < 4.78 is 0. The van der Waals surface area contributed by atoms with E-state index < -0.39 is 0 Å². The molecule has 0 aromatic heterocycles. The van der Waals surface area contributed by atoms with E-state index >= 15 is 0 Å². The van der Waals surface area contributed by atoms with Crippen LogP contribution in [0.15, 0.2) is 0 Å². The first-order chi connectivity index (χ1) is 4.13. The smallest absolute Gasteiger partial charge is 0.0709 e. The molecule has 3 heteroatoms. The SMILES string of the molecule is C[C@@H]1SCCS[C@@]1(C)N. The summed E-state index contributed by atoms with van der Waals surface area (Å²) in [6, 6.07) is 0. The molecule has 0 unspecified atom stereocenters. The Balaban J connectivity index is 2.49. The summed E-state index contributed by atoms with van der Waals surface area (Å²) in [5.74, 6) is 2.47. The molecule has 1 aliphatic heterocycles. The Kier molecular flexibility index (Phi) is 2.35. The van der Waals surface area contributed by atoms with Crippen LogP contribution in [0.2, 0.25) is 0 Å². The Hall–Kier alpha value is 0.660. The highest BCUT2D eigenvalue weighted by atomic mass is 32.2. The normalized spacial score (nSPS) is 45.0. The van der Waals surface area contributed by atoms with Crippen LogP contribution in [-0.2, 0) is 0 Å². The highest BCUT2D eigenvalue weighted by Gasteiger charge is 2.30. The number of thioether (sulfide) groups is 2. The summed E-state index contributed by atoms with van der Waals surface area (Å²) in [6.07, 6.45) is 0. The molecular weight excluding hydrogens is 150 g/mol. The lowest BCUT2D eigenvalue weighted by Crippen LogP contribution is -2.44. The molecule has 0 aromatic carbocycles. The van der Waals surface area contributed by atoms with Gasteiger partial charge in [-0.2, -0.15) is 11.8 Å². The van der Waals surface area contributed by atoms with Gasteiger partial charge in [-0.15, -0.1) is 11.8 Å². The van der Waals surface area contributed by atoms with Gasteiger partial charge in [-0.05, 0) is 6.92 Å². The van der Waals surface area contributed by atoms with Crippen molar-refractivity contribution >= 4 is 23.5 Å². The second-order valence-corrected chi connectivity index (χ2v) is 5.57. The molecule has 0 saturated carbocycles. The van der Waals surface area contributed by atoms with Crippen molar-refractivity contribution < 1.29 is 0 Å². The van der Waals surface area contributed by atoms with E-state index in [9.17, 15) is 0 Å². The van der Waals surface area contributed by atoms with Gasteiger partial charge in [0.25, 0.3) is 0 Å². The Bertz CT molecular complexity index is 103. The summed E-state index contributed by atoms with van der Waals surface area (Å²) in [4.78, 5) is 0.0168. The van der Waals surface area contributed by atoms with Crippen LogP contribution >= 0.6 is 23.5 Å². The number of hydrogen-bond acceptors (Lipinski definition) is 3. The van der Waals surface area contributed by atoms with E-state index in [4.69, 9.17) is 5.73 Å². The molecule has 1 fully saturated rings. The zero-order valence-electron chi connectivity index (χ0n) is 5.89. The molecule has 1 rings (SSSR count). The van der Waals surface area contributed by atoms with Crippen LogP contribution in [0.5, 0.6) is 0 Å². The number of rotatable bonds is 0. The van der Waals surface area contributed by atoms with E-state index in [2.05, 4.69) is 13.8 Å². The zero-order valence-corrected chi connectivity index (χ0v) is 7.52. The van der Waals surface area contributed by atoms with Gasteiger partial charge in [0.05, 0.1) is 4.87 Å². The molecule has 0 radical (unpaired) electrons. The average Bonchev–Trinajstić information content (AvgIpc) is 1.77. The fourth-order valence-electron chi connectivity index (χ4n) is 0.769. The molecule has 2 atom stereocenters. The van der Waals surface area contributed by atoms with Crippen LogP contribution in [0.25, 0.3) is 0 Å². The van der Waals surface area contributed by atoms with Crippen molar-refractivity contribution in [1.82, 2.24) is 0 Å². The molecular formula is C6H13NS2. The molecule has 0 spiro atoms. The van der Waals surface area contributed by atoms with Crippen molar-refractivity contribution in [1.29, 1.82) is 0 Å². The van der Waals surface area contributed by atoms with E-state index in [1.165, 1.54) is 11.5 Å². The van der Waals surface area contributed by atoms with Gasteiger partial charge in [-0.3, -0.25) is 0 Å². The quantitative estimate of drug-likeness (QED) is 0.586. The van der Waals surface area contributed by atoms with Crippen LogP contribution in [0.3, 0.4) is 0 Å². The van der Waals surface area contributed by atoms with Crippen molar-refractivity contribution in [3.05, 3.63) is 0 Å². The van der Waals surface area contributed by atoms with Gasteiger partial charge in [-0.1, -0.05) is 6.92 Å². The summed E-state index contributed by atoms with van der Waals surface area (Å²) in [5, 5.41) is 0.608. The lowest BCUT2D eigenvalue weighted by Gasteiger charge is -2.34. The van der Waals surface area contributed by atoms with Gasteiger partial charge in [0, 0.05) is 16.8 Å². The molecule has 2 N–H and O–H groups in total. The van der Waals surface area contributed by atoms with E-state index in [0.29, 0.717) is 5.25 Å². The molecule has 0 bridgehead atoms. The minimum Gasteiger partial charge on any atom is -0.316 e. The van der Waals surface area contributed by atoms with Crippen molar-refractivity contribution in [2.45, 2.75) is 24.0 Å². The molecule has 9 heavy (non-hydrogen) atoms. The van der Waals surface area contributed by atoms with Crippen LogP contribution in [0.1, 0.15) is 13.8 Å². The van der Waals surface area contributed by atoms with Gasteiger partial charge >= 0.3 is 0 Å². The summed E-state index contributed by atoms with van der Waals surface area (Å²) in [5.41, 5.74) is 5.96. The Morgan fingerprint density at radius 2 is 2.22 bits per heavy atom. The number of hydrogen-bond donors (Lipinski definition) is 1. The third-order valence-electron chi connectivity index (χ3n) is 1.67. The Morgan fingerprint density at radius 1 is 1.56 bits per heavy atom. The lowest BCUT2D eigenvalue weighted by molar-refractivity contribution is 0.663. The molecule has 1 saturated heterocycles. The first-order valence-electron chi connectivity index (χ1n) is 3.17. The van der Waals surface area contributed by atoms with Gasteiger partial charge in [0.15, 0.2) is 0 Å². The molecule has 1 aliphatic rings. The number of nitrogens with two attached hydrogens (primary N) is 1. The highest BCUT2D eigenvalue weighted by molar-refractivity contribution is 8.07. The lowest BCUT2D eigenvalue weighted by atomic mass is 10.3. The average molecular weight is 163 g/mol. The predicted octanol–water partition coefficient (Wildman–Crippen LogP) is 1.53. The molecule has 1 heterocycles. The summed E-state index contributed by atoms with van der Waals surface area (Å²) in [7, 11) is 0. The molecule has 54 valence electrons. The maximum absolute atomic E-state index is 5.96. The monoisotopic (exact) mass is 163 g/mol. The fourth-order valence-corrected chi connectivity index (χ4v) is 3.25. The first kappa shape index (κ1) is 7.76. The Morgan fingerprint density at radius 3 is 2.56 bits per heavy atom. The third-order valence-corrected chi connectivity index (χ3v) is 4.89. The van der Waals surface area contributed by atoms with Crippen LogP contribution < -0.4 is 5.73 Å². The first-order valence-corrected chi connectivity index (χ1v) is 5.21. The van der Waals surface area contributed by atoms with E-state index in [-0.39, 0.29) is 4.87 Å². The maximum Gasteiger partial charge on any atom is 0.0709 e. The molecule has 0 aromatic rings. The highest BCUT2D eigenvalue weighted by Crippen LogP contribution is 2.36. The van der Waals surface area contributed by atoms with E-state index in [0.717, 1.165) is 0 Å². The van der Waals surface area contributed by atoms with Crippen molar-refractivity contribution in [3.8, 4) is 0 Å². The zero-order chi connectivity index (χ0) is 6.91. The second kappa shape index (κ2) is 2.72. The largest absolute Gasteiger partial charge is 0.316 e. The topological polar surface area (TPSA) is 26.0 Å². The van der Waals surface area contributed by atoms with E-state index in [1.54, 1.807) is 0 Å². The van der Waals surface area contributed by atoms with Gasteiger partial charge < -0.3 is 5.73 Å². The van der Waals surface area contributed by atoms with Crippen LogP contribution in [0.4, 0.5) is 0 Å². The van der Waals surface area contributed by atoms with Gasteiger partial charge in [0.1, 0.15) is 0 Å². The summed E-state index contributed by atoms with van der Waals surface area (Å²) in [6.45, 7) is 4.32.